The number of thiophene rings is 1. The SMILES string of the molecule is Cc1ccc(NS(=O)(=O)c2cccc(C(=O)N[C@H](C)[C@H](c3cccs3)N3CCCC3)c2)cc1. The molecule has 2 atom stereocenters. The molecule has 33 heavy (non-hydrogen) atoms. The fraction of sp³-hybridized carbons (Fsp3) is 0.320. The van der Waals surface area contributed by atoms with Gasteiger partial charge in [0.15, 0.2) is 0 Å². The second kappa shape index (κ2) is 10.1. The molecule has 6 nitrogen and oxygen atoms in total. The standard InChI is InChI=1S/C25H29N3O3S2/c1-18-10-12-21(13-11-18)27-33(30,31)22-8-5-7-20(17-22)25(29)26-19(2)24(23-9-6-16-32-23)28-14-3-4-15-28/h5-13,16-17,19,24,27H,3-4,14-15H2,1-2H3,(H,26,29)/t19-,24-/m1/s1. The Morgan fingerprint density at radius 1 is 1.03 bits per heavy atom. The van der Waals surface area contributed by atoms with Crippen molar-refractivity contribution in [3.05, 3.63) is 82.0 Å². The average molecular weight is 484 g/mol. The smallest absolute Gasteiger partial charge is 0.261 e. The van der Waals surface area contributed by atoms with Gasteiger partial charge in [-0.25, -0.2) is 8.42 Å². The molecule has 0 saturated carbocycles. The van der Waals surface area contributed by atoms with Crippen molar-refractivity contribution < 1.29 is 13.2 Å². The monoisotopic (exact) mass is 483 g/mol. The van der Waals surface area contributed by atoms with Crippen LogP contribution >= 0.6 is 11.3 Å². The van der Waals surface area contributed by atoms with Gasteiger partial charge in [0.1, 0.15) is 0 Å². The third-order valence-corrected chi connectivity index (χ3v) is 8.23. The fourth-order valence-corrected chi connectivity index (χ4v) is 6.30. The van der Waals surface area contributed by atoms with E-state index in [1.54, 1.807) is 35.6 Å². The second-order valence-electron chi connectivity index (χ2n) is 8.46. The van der Waals surface area contributed by atoms with E-state index < -0.39 is 10.0 Å². The van der Waals surface area contributed by atoms with E-state index in [4.69, 9.17) is 0 Å². The summed E-state index contributed by atoms with van der Waals surface area (Å²) in [5.74, 6) is -0.282. The summed E-state index contributed by atoms with van der Waals surface area (Å²) < 4.78 is 28.3. The molecule has 2 N–H and O–H groups in total. The first-order valence-corrected chi connectivity index (χ1v) is 13.5. The largest absolute Gasteiger partial charge is 0.348 e. The van der Waals surface area contributed by atoms with E-state index in [0.717, 1.165) is 31.5 Å². The number of carbonyl (C=O) groups excluding carboxylic acids is 1. The zero-order valence-electron chi connectivity index (χ0n) is 18.8. The summed E-state index contributed by atoms with van der Waals surface area (Å²) in [6, 6.07) is 17.4. The first kappa shape index (κ1) is 23.5. The number of anilines is 1. The number of hydrogen-bond acceptors (Lipinski definition) is 5. The Balaban J connectivity index is 1.50. The lowest BCUT2D eigenvalue weighted by Gasteiger charge is -2.32. The molecule has 1 saturated heterocycles. The molecule has 4 rings (SSSR count). The predicted molar refractivity (Wildman–Crippen MR) is 133 cm³/mol. The van der Waals surface area contributed by atoms with Crippen molar-refractivity contribution in [1.29, 1.82) is 0 Å². The van der Waals surface area contributed by atoms with E-state index in [0.29, 0.717) is 11.3 Å². The molecule has 0 unspecified atom stereocenters. The van der Waals surface area contributed by atoms with Gasteiger partial charge in [0.05, 0.1) is 10.9 Å². The summed E-state index contributed by atoms with van der Waals surface area (Å²) in [5, 5.41) is 5.16. The van der Waals surface area contributed by atoms with Crippen molar-refractivity contribution in [2.45, 2.75) is 43.7 Å². The van der Waals surface area contributed by atoms with Gasteiger partial charge in [-0.1, -0.05) is 29.8 Å². The summed E-state index contributed by atoms with van der Waals surface area (Å²) in [4.78, 5) is 16.8. The molecule has 1 fully saturated rings. The maximum Gasteiger partial charge on any atom is 0.261 e. The van der Waals surface area contributed by atoms with Crippen molar-refractivity contribution in [3.8, 4) is 0 Å². The van der Waals surface area contributed by atoms with Gasteiger partial charge in [0.25, 0.3) is 15.9 Å². The molecule has 0 aliphatic carbocycles. The van der Waals surface area contributed by atoms with E-state index >= 15 is 0 Å². The van der Waals surface area contributed by atoms with Crippen LogP contribution in [0.1, 0.15) is 46.6 Å². The second-order valence-corrected chi connectivity index (χ2v) is 11.1. The lowest BCUT2D eigenvalue weighted by atomic mass is 10.1. The minimum atomic E-state index is -3.81. The van der Waals surface area contributed by atoms with Gasteiger partial charge in [-0.2, -0.15) is 0 Å². The van der Waals surface area contributed by atoms with Crippen LogP contribution < -0.4 is 10.0 Å². The first-order valence-electron chi connectivity index (χ1n) is 11.1. The summed E-state index contributed by atoms with van der Waals surface area (Å²) in [6.07, 6.45) is 2.33. The highest BCUT2D eigenvalue weighted by Crippen LogP contribution is 2.31. The summed E-state index contributed by atoms with van der Waals surface area (Å²) in [5.41, 5.74) is 1.84. The van der Waals surface area contributed by atoms with Crippen molar-refractivity contribution in [3.63, 3.8) is 0 Å². The minimum Gasteiger partial charge on any atom is -0.348 e. The third kappa shape index (κ3) is 5.63. The van der Waals surface area contributed by atoms with Crippen LogP contribution in [0.5, 0.6) is 0 Å². The van der Waals surface area contributed by atoms with Crippen LogP contribution in [0.25, 0.3) is 0 Å². The number of aryl methyl sites for hydroxylation is 1. The zero-order valence-corrected chi connectivity index (χ0v) is 20.5. The maximum atomic E-state index is 13.1. The van der Waals surface area contributed by atoms with E-state index in [-0.39, 0.29) is 22.9 Å². The van der Waals surface area contributed by atoms with Crippen LogP contribution in [0.4, 0.5) is 5.69 Å². The normalized spacial score (nSPS) is 16.3. The third-order valence-electron chi connectivity index (χ3n) is 5.91. The first-order chi connectivity index (χ1) is 15.8. The number of carbonyl (C=O) groups is 1. The van der Waals surface area contributed by atoms with Gasteiger partial charge in [-0.3, -0.25) is 14.4 Å². The lowest BCUT2D eigenvalue weighted by molar-refractivity contribution is 0.0907. The van der Waals surface area contributed by atoms with Crippen molar-refractivity contribution in [2.24, 2.45) is 0 Å². The van der Waals surface area contributed by atoms with Crippen LogP contribution in [0.15, 0.2) is 70.9 Å². The number of hydrogen-bond donors (Lipinski definition) is 2. The van der Waals surface area contributed by atoms with Gasteiger partial charge < -0.3 is 5.32 Å². The van der Waals surface area contributed by atoms with E-state index in [9.17, 15) is 13.2 Å². The molecule has 1 aliphatic heterocycles. The Bertz CT molecular complexity index is 1190. The number of likely N-dealkylation sites (tertiary alicyclic amines) is 1. The Morgan fingerprint density at radius 2 is 1.76 bits per heavy atom. The molecule has 1 amide bonds. The number of amides is 1. The molecule has 1 aliphatic rings. The Kier molecular flexibility index (Phi) is 7.17. The number of nitrogens with one attached hydrogen (secondary N) is 2. The van der Waals surface area contributed by atoms with E-state index in [1.165, 1.54) is 17.0 Å². The van der Waals surface area contributed by atoms with Gasteiger partial charge in [0, 0.05) is 22.2 Å². The molecule has 2 heterocycles. The van der Waals surface area contributed by atoms with Crippen molar-refractivity contribution in [2.75, 3.05) is 17.8 Å². The summed E-state index contributed by atoms with van der Waals surface area (Å²) in [7, 11) is -3.81. The molecular weight excluding hydrogens is 454 g/mol. The van der Waals surface area contributed by atoms with Crippen molar-refractivity contribution >= 4 is 33.0 Å². The molecule has 0 radical (unpaired) electrons. The Labute approximate surface area is 199 Å². The van der Waals surface area contributed by atoms with Gasteiger partial charge in [-0.05, 0) is 81.6 Å². The lowest BCUT2D eigenvalue weighted by Crippen LogP contribution is -2.43. The molecule has 8 heteroatoms. The fourth-order valence-electron chi connectivity index (χ4n) is 4.23. The topological polar surface area (TPSA) is 78.5 Å². The summed E-state index contributed by atoms with van der Waals surface area (Å²) >= 11 is 1.70. The van der Waals surface area contributed by atoms with Crippen LogP contribution in [0.3, 0.4) is 0 Å². The zero-order chi connectivity index (χ0) is 23.4. The molecule has 3 aromatic rings. The van der Waals surface area contributed by atoms with Gasteiger partial charge >= 0.3 is 0 Å². The molecule has 174 valence electrons. The van der Waals surface area contributed by atoms with E-state index in [1.807, 2.05) is 32.0 Å². The molecule has 2 aromatic carbocycles. The van der Waals surface area contributed by atoms with Crippen LogP contribution in [-0.4, -0.2) is 38.4 Å². The molecule has 0 bridgehead atoms. The highest BCUT2D eigenvalue weighted by atomic mass is 32.2. The van der Waals surface area contributed by atoms with Crippen LogP contribution in [-0.2, 0) is 10.0 Å². The molecule has 1 aromatic heterocycles. The highest BCUT2D eigenvalue weighted by Gasteiger charge is 2.30. The maximum absolute atomic E-state index is 13.1. The highest BCUT2D eigenvalue weighted by molar-refractivity contribution is 7.92. The average Bonchev–Trinajstić information content (AvgIpc) is 3.51. The number of benzene rings is 2. The molecule has 0 spiro atoms. The number of rotatable bonds is 8. The Hall–Kier alpha value is -2.68. The quantitative estimate of drug-likeness (QED) is 0.482. The van der Waals surface area contributed by atoms with Crippen molar-refractivity contribution in [1.82, 2.24) is 10.2 Å². The van der Waals surface area contributed by atoms with Gasteiger partial charge in [0.2, 0.25) is 0 Å². The van der Waals surface area contributed by atoms with E-state index in [2.05, 4.69) is 26.4 Å². The predicted octanol–water partition coefficient (Wildman–Crippen LogP) is 4.81. The summed E-state index contributed by atoms with van der Waals surface area (Å²) in [6.45, 7) is 5.98. The molecular formula is C25H29N3O3S2. The van der Waals surface area contributed by atoms with Crippen LogP contribution in [0, 0.1) is 6.92 Å². The van der Waals surface area contributed by atoms with Crippen LogP contribution in [0.2, 0.25) is 0 Å². The Morgan fingerprint density at radius 3 is 2.42 bits per heavy atom. The number of nitrogens with zero attached hydrogens (tertiary/aromatic N) is 1. The van der Waals surface area contributed by atoms with Gasteiger partial charge in [-0.15, -0.1) is 11.3 Å². The number of sulfonamides is 1. The minimum absolute atomic E-state index is 0.0535.